The number of hydrogen-bond acceptors (Lipinski definition) is 1. The third-order valence-electron chi connectivity index (χ3n) is 4.46. The Morgan fingerprint density at radius 3 is 2.83 bits per heavy atom. The van der Waals surface area contributed by atoms with Crippen molar-refractivity contribution in [3.8, 4) is 0 Å². The molecule has 0 fully saturated rings. The number of aryl methyl sites for hydroxylation is 1. The molecule has 1 aromatic carbocycles. The molecule has 98 valence electrons. The average Bonchev–Trinajstić information content (AvgIpc) is 2.37. The minimum atomic E-state index is -0.662. The Hall–Kier alpha value is -1.31. The van der Waals surface area contributed by atoms with E-state index in [1.54, 1.807) is 0 Å². The Labute approximate surface area is 109 Å². The number of hydrogen-bond donors (Lipinski definition) is 1. The summed E-state index contributed by atoms with van der Waals surface area (Å²) in [5, 5.41) is 9.83. The number of carbonyl (C=O) groups is 1. The number of carboxylic acids is 1. The van der Waals surface area contributed by atoms with Crippen LogP contribution < -0.4 is 0 Å². The van der Waals surface area contributed by atoms with Crippen LogP contribution in [-0.2, 0) is 16.6 Å². The lowest BCUT2D eigenvalue weighted by Crippen LogP contribution is -2.44. The van der Waals surface area contributed by atoms with Gasteiger partial charge in [-0.15, -0.1) is 0 Å². The van der Waals surface area contributed by atoms with Crippen LogP contribution in [0.3, 0.4) is 0 Å². The average molecular weight is 246 g/mol. The molecule has 1 N–H and O–H groups in total. The maximum absolute atomic E-state index is 12.0. The summed E-state index contributed by atoms with van der Waals surface area (Å²) in [4.78, 5) is 12.0. The molecule has 1 aliphatic rings. The van der Waals surface area contributed by atoms with Crippen LogP contribution in [0.5, 0.6) is 0 Å². The van der Waals surface area contributed by atoms with E-state index in [1.165, 1.54) is 5.56 Å². The molecule has 0 aliphatic heterocycles. The summed E-state index contributed by atoms with van der Waals surface area (Å²) in [7, 11) is 0. The van der Waals surface area contributed by atoms with Gasteiger partial charge in [-0.3, -0.25) is 4.79 Å². The van der Waals surface area contributed by atoms with Crippen LogP contribution in [-0.4, -0.2) is 11.1 Å². The van der Waals surface area contributed by atoms with Gasteiger partial charge in [-0.2, -0.15) is 0 Å². The van der Waals surface area contributed by atoms with Gasteiger partial charge < -0.3 is 5.11 Å². The second-order valence-electron chi connectivity index (χ2n) is 5.48. The first-order valence-corrected chi connectivity index (χ1v) is 6.94. The number of carboxylic acid groups (broad SMARTS) is 1. The van der Waals surface area contributed by atoms with Gasteiger partial charge in [0.25, 0.3) is 0 Å². The van der Waals surface area contributed by atoms with Crippen molar-refractivity contribution in [1.82, 2.24) is 0 Å². The molecular formula is C16H22O2. The summed E-state index contributed by atoms with van der Waals surface area (Å²) in [5.74, 6) is -0.447. The first-order chi connectivity index (χ1) is 8.63. The van der Waals surface area contributed by atoms with Gasteiger partial charge in [0.2, 0.25) is 0 Å². The number of fused-ring (bicyclic) bond motifs is 1. The topological polar surface area (TPSA) is 37.3 Å². The SMILES string of the molecule is CCCC(C)C1(C(=O)O)CCCc2ccccc21. The van der Waals surface area contributed by atoms with E-state index in [0.29, 0.717) is 0 Å². The molecule has 0 aromatic heterocycles. The highest BCUT2D eigenvalue weighted by Crippen LogP contribution is 2.44. The molecule has 0 spiro atoms. The van der Waals surface area contributed by atoms with E-state index in [2.05, 4.69) is 19.9 Å². The van der Waals surface area contributed by atoms with Gasteiger partial charge in [0.05, 0.1) is 5.41 Å². The van der Waals surface area contributed by atoms with Crippen molar-refractivity contribution >= 4 is 5.97 Å². The molecule has 2 atom stereocenters. The van der Waals surface area contributed by atoms with Crippen LogP contribution in [0.4, 0.5) is 0 Å². The van der Waals surface area contributed by atoms with Gasteiger partial charge in [0.15, 0.2) is 0 Å². The van der Waals surface area contributed by atoms with Crippen LogP contribution in [0.2, 0.25) is 0 Å². The molecule has 0 saturated carbocycles. The smallest absolute Gasteiger partial charge is 0.314 e. The van der Waals surface area contributed by atoms with Crippen LogP contribution in [0.15, 0.2) is 24.3 Å². The lowest BCUT2D eigenvalue weighted by Gasteiger charge is -2.40. The van der Waals surface area contributed by atoms with Crippen LogP contribution in [0.25, 0.3) is 0 Å². The van der Waals surface area contributed by atoms with Crippen molar-refractivity contribution in [2.24, 2.45) is 5.92 Å². The summed E-state index contributed by atoms with van der Waals surface area (Å²) in [6.07, 6.45) is 4.79. The minimum absolute atomic E-state index is 0.196. The highest BCUT2D eigenvalue weighted by molar-refractivity contribution is 5.82. The van der Waals surface area contributed by atoms with Crippen molar-refractivity contribution in [2.75, 3.05) is 0 Å². The Morgan fingerprint density at radius 1 is 1.44 bits per heavy atom. The van der Waals surface area contributed by atoms with Gasteiger partial charge in [-0.1, -0.05) is 44.5 Å². The second kappa shape index (κ2) is 5.13. The monoisotopic (exact) mass is 246 g/mol. The van der Waals surface area contributed by atoms with Gasteiger partial charge in [-0.05, 0) is 42.7 Å². The normalized spacial score (nSPS) is 24.3. The summed E-state index contributed by atoms with van der Waals surface area (Å²) >= 11 is 0. The largest absolute Gasteiger partial charge is 0.481 e. The van der Waals surface area contributed by atoms with E-state index in [-0.39, 0.29) is 5.92 Å². The Morgan fingerprint density at radius 2 is 2.17 bits per heavy atom. The van der Waals surface area contributed by atoms with Gasteiger partial charge in [-0.25, -0.2) is 0 Å². The fourth-order valence-electron chi connectivity index (χ4n) is 3.49. The predicted octanol–water partition coefficient (Wildman–Crippen LogP) is 3.78. The van der Waals surface area contributed by atoms with Gasteiger partial charge in [0.1, 0.15) is 0 Å². The Bertz CT molecular complexity index is 438. The fourth-order valence-corrected chi connectivity index (χ4v) is 3.49. The summed E-state index contributed by atoms with van der Waals surface area (Å²) in [6.45, 7) is 4.22. The van der Waals surface area contributed by atoms with E-state index in [4.69, 9.17) is 0 Å². The van der Waals surface area contributed by atoms with Gasteiger partial charge in [0, 0.05) is 0 Å². The molecule has 1 aliphatic carbocycles. The first kappa shape index (κ1) is 13.1. The molecule has 2 nitrogen and oxygen atoms in total. The molecule has 0 radical (unpaired) electrons. The molecule has 0 bridgehead atoms. The first-order valence-electron chi connectivity index (χ1n) is 6.94. The zero-order chi connectivity index (χ0) is 13.2. The van der Waals surface area contributed by atoms with E-state index in [0.717, 1.165) is 37.7 Å². The molecule has 1 aromatic rings. The highest BCUT2D eigenvalue weighted by Gasteiger charge is 2.47. The zero-order valence-corrected chi connectivity index (χ0v) is 11.3. The molecule has 0 heterocycles. The van der Waals surface area contributed by atoms with Crippen molar-refractivity contribution in [1.29, 1.82) is 0 Å². The standard InChI is InChI=1S/C16H22O2/c1-3-7-12(2)16(15(17)18)11-6-9-13-8-4-5-10-14(13)16/h4-5,8,10,12H,3,6-7,9,11H2,1-2H3,(H,17,18). The highest BCUT2D eigenvalue weighted by atomic mass is 16.4. The molecule has 2 heteroatoms. The van der Waals surface area contributed by atoms with Crippen molar-refractivity contribution < 1.29 is 9.90 Å². The number of rotatable bonds is 4. The lowest BCUT2D eigenvalue weighted by molar-refractivity contribution is -0.147. The number of aliphatic carboxylic acids is 1. The summed E-state index contributed by atoms with van der Waals surface area (Å²) < 4.78 is 0. The predicted molar refractivity (Wildman–Crippen MR) is 72.8 cm³/mol. The van der Waals surface area contributed by atoms with Gasteiger partial charge >= 0.3 is 5.97 Å². The quantitative estimate of drug-likeness (QED) is 0.877. The maximum Gasteiger partial charge on any atom is 0.314 e. The van der Waals surface area contributed by atoms with Crippen LogP contribution in [0, 0.1) is 5.92 Å². The minimum Gasteiger partial charge on any atom is -0.481 e. The fraction of sp³-hybridized carbons (Fsp3) is 0.562. The van der Waals surface area contributed by atoms with Crippen molar-refractivity contribution in [2.45, 2.75) is 51.4 Å². The van der Waals surface area contributed by atoms with Crippen LogP contribution >= 0.6 is 0 Å². The third kappa shape index (κ3) is 1.94. The lowest BCUT2D eigenvalue weighted by atomic mass is 9.62. The zero-order valence-electron chi connectivity index (χ0n) is 11.3. The Kier molecular flexibility index (Phi) is 3.74. The molecule has 2 rings (SSSR count). The second-order valence-corrected chi connectivity index (χ2v) is 5.48. The van der Waals surface area contributed by atoms with E-state index in [9.17, 15) is 9.90 Å². The van der Waals surface area contributed by atoms with E-state index in [1.807, 2.05) is 18.2 Å². The molecule has 0 amide bonds. The number of benzene rings is 1. The third-order valence-corrected chi connectivity index (χ3v) is 4.46. The van der Waals surface area contributed by atoms with E-state index < -0.39 is 11.4 Å². The summed E-state index contributed by atoms with van der Waals surface area (Å²) in [6, 6.07) is 8.10. The molecule has 2 unspecified atom stereocenters. The van der Waals surface area contributed by atoms with Crippen molar-refractivity contribution in [3.63, 3.8) is 0 Å². The van der Waals surface area contributed by atoms with Crippen molar-refractivity contribution in [3.05, 3.63) is 35.4 Å². The van der Waals surface area contributed by atoms with Crippen LogP contribution in [0.1, 0.15) is 50.7 Å². The maximum atomic E-state index is 12.0. The van der Waals surface area contributed by atoms with E-state index >= 15 is 0 Å². The Balaban J connectivity index is 2.52. The molecular weight excluding hydrogens is 224 g/mol. The molecule has 18 heavy (non-hydrogen) atoms. The summed E-state index contributed by atoms with van der Waals surface area (Å²) in [5.41, 5.74) is 1.63. The molecule has 0 saturated heterocycles.